The molecule has 5 nitrogen and oxygen atoms in total. The van der Waals surface area contributed by atoms with Crippen molar-refractivity contribution in [1.82, 2.24) is 9.97 Å². The second-order valence-corrected chi connectivity index (χ2v) is 5.68. The molecule has 0 fully saturated rings. The van der Waals surface area contributed by atoms with Gasteiger partial charge in [-0.25, -0.2) is 18.4 Å². The van der Waals surface area contributed by atoms with Gasteiger partial charge < -0.3 is 5.11 Å². The van der Waals surface area contributed by atoms with E-state index in [1.54, 1.807) is 6.20 Å². The highest BCUT2D eigenvalue weighted by atomic mass is 32.2. The van der Waals surface area contributed by atoms with Gasteiger partial charge in [0, 0.05) is 24.8 Å². The van der Waals surface area contributed by atoms with E-state index in [9.17, 15) is 8.42 Å². The summed E-state index contributed by atoms with van der Waals surface area (Å²) in [6.07, 6.45) is 2.77. The molecule has 2 rings (SSSR count). The van der Waals surface area contributed by atoms with Crippen LogP contribution in [-0.4, -0.2) is 30.1 Å². The van der Waals surface area contributed by atoms with Crippen LogP contribution in [0.25, 0.3) is 0 Å². The third-order valence-electron chi connectivity index (χ3n) is 2.29. The summed E-state index contributed by atoms with van der Waals surface area (Å²) in [5, 5.41) is 8.65. The van der Waals surface area contributed by atoms with Gasteiger partial charge in [-0.2, -0.15) is 0 Å². The Morgan fingerprint density at radius 1 is 1.40 bits per heavy atom. The Kier molecular flexibility index (Phi) is 2.70. The van der Waals surface area contributed by atoms with Crippen LogP contribution in [0.15, 0.2) is 6.20 Å². The number of nitrogens with zero attached hydrogens (tertiary/aromatic N) is 2. The minimum atomic E-state index is -2.99. The van der Waals surface area contributed by atoms with E-state index in [1.807, 2.05) is 0 Å². The van der Waals surface area contributed by atoms with Crippen molar-refractivity contribution in [2.45, 2.75) is 24.3 Å². The number of aryl methyl sites for hydroxylation is 1. The third kappa shape index (κ3) is 2.32. The van der Waals surface area contributed by atoms with E-state index in [4.69, 9.17) is 5.11 Å². The number of hydrogen-bond acceptors (Lipinski definition) is 5. The highest BCUT2D eigenvalue weighted by Gasteiger charge is 2.26. The third-order valence-corrected chi connectivity index (χ3v) is 3.76. The molecule has 1 aromatic heterocycles. The highest BCUT2D eigenvalue weighted by Crippen LogP contribution is 2.22. The molecular weight excluding hydrogens is 216 g/mol. The molecule has 0 bridgehead atoms. The van der Waals surface area contributed by atoms with Gasteiger partial charge in [0.25, 0.3) is 0 Å². The molecule has 0 aliphatic carbocycles. The number of aliphatic hydroxyl groups is 1. The van der Waals surface area contributed by atoms with E-state index in [1.165, 1.54) is 0 Å². The second kappa shape index (κ2) is 3.86. The Bertz CT molecular complexity index is 470. The standard InChI is InChI=1S/C9H12N2O3S/c12-3-1-2-9-10-4-7-5-15(13,14)6-8(7)11-9/h4,12H,1-3,5-6H2. The van der Waals surface area contributed by atoms with Crippen molar-refractivity contribution in [2.75, 3.05) is 6.61 Å². The average Bonchev–Trinajstić information content (AvgIpc) is 2.47. The molecule has 82 valence electrons. The minimum Gasteiger partial charge on any atom is -0.396 e. The van der Waals surface area contributed by atoms with E-state index < -0.39 is 9.84 Å². The van der Waals surface area contributed by atoms with Crippen molar-refractivity contribution in [3.63, 3.8) is 0 Å². The summed E-state index contributed by atoms with van der Waals surface area (Å²) < 4.78 is 22.6. The summed E-state index contributed by atoms with van der Waals surface area (Å²) in [5.41, 5.74) is 1.33. The fraction of sp³-hybridized carbons (Fsp3) is 0.556. The van der Waals surface area contributed by atoms with E-state index in [2.05, 4.69) is 9.97 Å². The van der Waals surface area contributed by atoms with Crippen molar-refractivity contribution >= 4 is 9.84 Å². The predicted octanol–water partition coefficient (Wildman–Crippen LogP) is -0.170. The summed E-state index contributed by atoms with van der Waals surface area (Å²) in [6.45, 7) is 0.0960. The van der Waals surface area contributed by atoms with Gasteiger partial charge in [0.05, 0.1) is 17.2 Å². The molecule has 1 aliphatic rings. The monoisotopic (exact) mass is 228 g/mol. The van der Waals surface area contributed by atoms with Crippen molar-refractivity contribution in [2.24, 2.45) is 0 Å². The number of aliphatic hydroxyl groups excluding tert-OH is 1. The number of sulfone groups is 1. The molecule has 1 aliphatic heterocycles. The molecule has 0 spiro atoms. The van der Waals surface area contributed by atoms with Crippen LogP contribution in [0.4, 0.5) is 0 Å². The molecule has 0 atom stereocenters. The maximum Gasteiger partial charge on any atom is 0.160 e. The largest absolute Gasteiger partial charge is 0.396 e. The quantitative estimate of drug-likeness (QED) is 0.777. The molecule has 2 heterocycles. The van der Waals surface area contributed by atoms with Gasteiger partial charge in [-0.3, -0.25) is 0 Å². The van der Waals surface area contributed by atoms with Crippen LogP contribution in [0.3, 0.4) is 0 Å². The topological polar surface area (TPSA) is 80.2 Å². The fourth-order valence-corrected chi connectivity index (χ4v) is 3.07. The van der Waals surface area contributed by atoms with Gasteiger partial charge in [-0.15, -0.1) is 0 Å². The normalized spacial score (nSPS) is 17.7. The molecule has 15 heavy (non-hydrogen) atoms. The van der Waals surface area contributed by atoms with Crippen molar-refractivity contribution in [1.29, 1.82) is 0 Å². The van der Waals surface area contributed by atoms with Gasteiger partial charge >= 0.3 is 0 Å². The minimum absolute atomic E-state index is 0.0248. The lowest BCUT2D eigenvalue weighted by atomic mass is 10.2. The molecule has 0 radical (unpaired) electrons. The van der Waals surface area contributed by atoms with Crippen molar-refractivity contribution in [3.05, 3.63) is 23.3 Å². The molecule has 0 aromatic carbocycles. The zero-order chi connectivity index (χ0) is 10.9. The smallest absolute Gasteiger partial charge is 0.160 e. The van der Waals surface area contributed by atoms with E-state index in [0.717, 1.165) is 0 Å². The van der Waals surface area contributed by atoms with Crippen LogP contribution in [0.2, 0.25) is 0 Å². The van der Waals surface area contributed by atoms with Gasteiger partial charge in [0.15, 0.2) is 9.84 Å². The first-order valence-electron chi connectivity index (χ1n) is 4.76. The van der Waals surface area contributed by atoms with Crippen molar-refractivity contribution in [3.8, 4) is 0 Å². The summed E-state index contributed by atoms with van der Waals surface area (Å²) >= 11 is 0. The molecule has 0 amide bonds. The maximum atomic E-state index is 11.3. The van der Waals surface area contributed by atoms with E-state index in [0.29, 0.717) is 29.9 Å². The molecule has 0 saturated carbocycles. The lowest BCUT2D eigenvalue weighted by Crippen LogP contribution is -2.00. The van der Waals surface area contributed by atoms with Crippen LogP contribution in [0.1, 0.15) is 23.5 Å². The molecule has 0 unspecified atom stereocenters. The van der Waals surface area contributed by atoms with E-state index in [-0.39, 0.29) is 18.1 Å². The lowest BCUT2D eigenvalue weighted by molar-refractivity contribution is 0.287. The zero-order valence-corrected chi connectivity index (χ0v) is 9.00. The molecule has 1 N–H and O–H groups in total. The van der Waals surface area contributed by atoms with Crippen LogP contribution in [0.5, 0.6) is 0 Å². The van der Waals surface area contributed by atoms with Gasteiger partial charge in [-0.05, 0) is 6.42 Å². The van der Waals surface area contributed by atoms with Crippen LogP contribution in [0, 0.1) is 0 Å². The number of hydrogen-bond donors (Lipinski definition) is 1. The van der Waals surface area contributed by atoms with Gasteiger partial charge in [0.1, 0.15) is 5.82 Å². The summed E-state index contributed by atoms with van der Waals surface area (Å²) in [4.78, 5) is 8.25. The Labute approximate surface area is 88.1 Å². The highest BCUT2D eigenvalue weighted by molar-refractivity contribution is 7.90. The summed E-state index contributed by atoms with van der Waals surface area (Å²) in [6, 6.07) is 0. The number of fused-ring (bicyclic) bond motifs is 1. The van der Waals surface area contributed by atoms with E-state index >= 15 is 0 Å². The predicted molar refractivity (Wildman–Crippen MR) is 53.8 cm³/mol. The molecule has 0 saturated heterocycles. The molecular formula is C9H12N2O3S. The Morgan fingerprint density at radius 3 is 2.93 bits per heavy atom. The number of aromatic nitrogens is 2. The molecule has 6 heteroatoms. The van der Waals surface area contributed by atoms with Crippen LogP contribution in [-0.2, 0) is 27.8 Å². The van der Waals surface area contributed by atoms with Crippen LogP contribution >= 0.6 is 0 Å². The van der Waals surface area contributed by atoms with Gasteiger partial charge in [0.2, 0.25) is 0 Å². The van der Waals surface area contributed by atoms with Gasteiger partial charge in [-0.1, -0.05) is 0 Å². The number of rotatable bonds is 3. The second-order valence-electron chi connectivity index (χ2n) is 3.62. The summed E-state index contributed by atoms with van der Waals surface area (Å²) in [5.74, 6) is 0.694. The average molecular weight is 228 g/mol. The SMILES string of the molecule is O=S1(=O)Cc2cnc(CCCO)nc2C1. The molecule has 1 aromatic rings. The Hall–Kier alpha value is -1.01. The maximum absolute atomic E-state index is 11.3. The first-order valence-corrected chi connectivity index (χ1v) is 6.58. The van der Waals surface area contributed by atoms with Crippen LogP contribution < -0.4 is 0 Å². The Balaban J connectivity index is 2.22. The lowest BCUT2D eigenvalue weighted by Gasteiger charge is -2.00. The fourth-order valence-electron chi connectivity index (χ4n) is 1.58. The zero-order valence-electron chi connectivity index (χ0n) is 8.18. The first kappa shape index (κ1) is 10.5. The first-order chi connectivity index (χ1) is 7.11. The summed E-state index contributed by atoms with van der Waals surface area (Å²) in [7, 11) is -2.99. The van der Waals surface area contributed by atoms with Crippen molar-refractivity contribution < 1.29 is 13.5 Å². The Morgan fingerprint density at radius 2 is 2.20 bits per heavy atom.